The molecule has 0 aliphatic rings. The molecule has 0 aromatic heterocycles. The zero-order valence-corrected chi connectivity index (χ0v) is 15.4. The Hall–Kier alpha value is -2.67. The number of benzene rings is 2. The molecule has 26 heavy (non-hydrogen) atoms. The normalized spacial score (nSPS) is 12.4. The summed E-state index contributed by atoms with van der Waals surface area (Å²) in [5.41, 5.74) is 0.934. The standard InChI is InChI=1S/C19H21NO5S/c1-3-26(24,25)16-11-7-10-15(13-16)18(21)20(2)17(19(22)23)12-14-8-5-4-6-9-14/h4-11,13,17H,3,12H2,1-2H3,(H,22,23). The highest BCUT2D eigenvalue weighted by Crippen LogP contribution is 2.17. The number of amides is 1. The molecule has 0 aliphatic carbocycles. The van der Waals surface area contributed by atoms with Crippen LogP contribution in [0.3, 0.4) is 0 Å². The van der Waals surface area contributed by atoms with Gasteiger partial charge in [-0.25, -0.2) is 13.2 Å². The minimum Gasteiger partial charge on any atom is -0.480 e. The Kier molecular flexibility index (Phi) is 6.15. The van der Waals surface area contributed by atoms with Crippen LogP contribution in [0, 0.1) is 0 Å². The average Bonchev–Trinajstić information content (AvgIpc) is 2.65. The molecule has 7 heteroatoms. The summed E-state index contributed by atoms with van der Waals surface area (Å²) in [5.74, 6) is -1.74. The topological polar surface area (TPSA) is 91.8 Å². The highest BCUT2D eigenvalue weighted by atomic mass is 32.2. The van der Waals surface area contributed by atoms with Gasteiger partial charge < -0.3 is 10.0 Å². The first kappa shape index (κ1) is 19.7. The molecule has 1 N–H and O–H groups in total. The molecule has 0 saturated carbocycles. The van der Waals surface area contributed by atoms with Gasteiger partial charge in [-0.15, -0.1) is 0 Å². The Morgan fingerprint density at radius 3 is 2.31 bits per heavy atom. The Bertz CT molecular complexity index is 893. The third-order valence-corrected chi connectivity index (χ3v) is 5.90. The van der Waals surface area contributed by atoms with Crippen molar-refractivity contribution in [2.24, 2.45) is 0 Å². The number of hydrogen-bond donors (Lipinski definition) is 1. The van der Waals surface area contributed by atoms with E-state index in [0.29, 0.717) is 0 Å². The van der Waals surface area contributed by atoms with Crippen LogP contribution in [0.5, 0.6) is 0 Å². The largest absolute Gasteiger partial charge is 0.480 e. The van der Waals surface area contributed by atoms with Gasteiger partial charge >= 0.3 is 5.97 Å². The highest BCUT2D eigenvalue weighted by Gasteiger charge is 2.28. The molecule has 0 heterocycles. The number of rotatable bonds is 7. The van der Waals surface area contributed by atoms with Gasteiger partial charge in [0.25, 0.3) is 5.91 Å². The second-order valence-corrected chi connectivity index (χ2v) is 8.17. The molecule has 0 aliphatic heterocycles. The molecule has 2 aromatic rings. The SMILES string of the molecule is CCS(=O)(=O)c1cccc(C(=O)N(C)C(Cc2ccccc2)C(=O)O)c1. The fraction of sp³-hybridized carbons (Fsp3) is 0.263. The van der Waals surface area contributed by atoms with E-state index in [-0.39, 0.29) is 22.6 Å². The highest BCUT2D eigenvalue weighted by molar-refractivity contribution is 7.91. The molecule has 0 saturated heterocycles. The third kappa shape index (κ3) is 4.49. The molecular formula is C19H21NO5S. The summed E-state index contributed by atoms with van der Waals surface area (Å²) in [4.78, 5) is 25.6. The number of aliphatic carboxylic acids is 1. The molecule has 6 nitrogen and oxygen atoms in total. The number of carboxylic acids is 1. The van der Waals surface area contributed by atoms with Gasteiger partial charge in [-0.05, 0) is 23.8 Å². The predicted octanol–water partition coefficient (Wildman–Crippen LogP) is 2.25. The van der Waals surface area contributed by atoms with Gasteiger partial charge in [-0.2, -0.15) is 0 Å². The number of sulfone groups is 1. The van der Waals surface area contributed by atoms with Crippen molar-refractivity contribution < 1.29 is 23.1 Å². The van der Waals surface area contributed by atoms with E-state index in [0.717, 1.165) is 10.5 Å². The molecule has 2 rings (SSSR count). The van der Waals surface area contributed by atoms with E-state index < -0.39 is 27.8 Å². The smallest absolute Gasteiger partial charge is 0.326 e. The molecule has 1 atom stereocenters. The predicted molar refractivity (Wildman–Crippen MR) is 97.8 cm³/mol. The van der Waals surface area contributed by atoms with E-state index in [9.17, 15) is 23.1 Å². The van der Waals surface area contributed by atoms with Gasteiger partial charge in [0.15, 0.2) is 9.84 Å². The number of hydrogen-bond acceptors (Lipinski definition) is 4. The fourth-order valence-electron chi connectivity index (χ4n) is 2.56. The van der Waals surface area contributed by atoms with E-state index in [1.165, 1.54) is 38.2 Å². The Labute approximate surface area is 153 Å². The lowest BCUT2D eigenvalue weighted by Gasteiger charge is -2.25. The first-order valence-electron chi connectivity index (χ1n) is 8.13. The van der Waals surface area contributed by atoms with Crippen LogP contribution in [0.15, 0.2) is 59.5 Å². The van der Waals surface area contributed by atoms with Crippen LogP contribution in [-0.4, -0.2) is 49.1 Å². The second kappa shape index (κ2) is 8.14. The van der Waals surface area contributed by atoms with Gasteiger partial charge in [-0.3, -0.25) is 4.79 Å². The minimum absolute atomic E-state index is 0.0502. The average molecular weight is 375 g/mol. The van der Waals surface area contributed by atoms with E-state index >= 15 is 0 Å². The van der Waals surface area contributed by atoms with Crippen molar-refractivity contribution in [3.8, 4) is 0 Å². The lowest BCUT2D eigenvalue weighted by molar-refractivity contribution is -0.141. The van der Waals surface area contributed by atoms with Gasteiger partial charge in [0.1, 0.15) is 6.04 Å². The van der Waals surface area contributed by atoms with Crippen LogP contribution in [-0.2, 0) is 21.1 Å². The summed E-state index contributed by atoms with van der Waals surface area (Å²) in [5, 5.41) is 9.53. The summed E-state index contributed by atoms with van der Waals surface area (Å²) < 4.78 is 24.0. The zero-order valence-electron chi connectivity index (χ0n) is 14.6. The van der Waals surface area contributed by atoms with Gasteiger partial charge in [0.05, 0.1) is 10.6 Å². The van der Waals surface area contributed by atoms with Crippen molar-refractivity contribution in [3.63, 3.8) is 0 Å². The fourth-order valence-corrected chi connectivity index (χ4v) is 3.49. The molecule has 0 bridgehead atoms. The molecule has 0 fully saturated rings. The Morgan fingerprint density at radius 1 is 1.08 bits per heavy atom. The van der Waals surface area contributed by atoms with Crippen molar-refractivity contribution in [2.45, 2.75) is 24.3 Å². The van der Waals surface area contributed by atoms with Crippen molar-refractivity contribution in [1.29, 1.82) is 0 Å². The van der Waals surface area contributed by atoms with E-state index in [1.807, 2.05) is 6.07 Å². The van der Waals surface area contributed by atoms with E-state index in [4.69, 9.17) is 0 Å². The molecule has 0 spiro atoms. The number of carbonyl (C=O) groups is 2. The van der Waals surface area contributed by atoms with Crippen LogP contribution < -0.4 is 0 Å². The maximum Gasteiger partial charge on any atom is 0.326 e. The number of nitrogens with zero attached hydrogens (tertiary/aromatic N) is 1. The minimum atomic E-state index is -3.45. The molecule has 138 valence electrons. The monoisotopic (exact) mass is 375 g/mol. The zero-order chi connectivity index (χ0) is 19.3. The lowest BCUT2D eigenvalue weighted by Crippen LogP contribution is -2.43. The van der Waals surface area contributed by atoms with Crippen LogP contribution in [0.1, 0.15) is 22.8 Å². The van der Waals surface area contributed by atoms with Crippen molar-refractivity contribution >= 4 is 21.7 Å². The molecular weight excluding hydrogens is 354 g/mol. The van der Waals surface area contributed by atoms with Gasteiger partial charge in [0, 0.05) is 19.0 Å². The summed E-state index contributed by atoms with van der Waals surface area (Å²) >= 11 is 0. The first-order chi connectivity index (χ1) is 12.3. The lowest BCUT2D eigenvalue weighted by atomic mass is 10.0. The Morgan fingerprint density at radius 2 is 1.73 bits per heavy atom. The second-order valence-electron chi connectivity index (χ2n) is 5.89. The molecule has 2 aromatic carbocycles. The third-order valence-electron chi connectivity index (χ3n) is 4.16. The van der Waals surface area contributed by atoms with Crippen molar-refractivity contribution in [2.75, 3.05) is 12.8 Å². The number of carbonyl (C=O) groups excluding carboxylic acids is 1. The summed E-state index contributed by atoms with van der Waals surface area (Å²) in [6.07, 6.45) is 0.158. The van der Waals surface area contributed by atoms with Crippen LogP contribution in [0.2, 0.25) is 0 Å². The maximum atomic E-state index is 12.7. The van der Waals surface area contributed by atoms with Crippen LogP contribution in [0.4, 0.5) is 0 Å². The summed E-state index contributed by atoms with van der Waals surface area (Å²) in [7, 11) is -2.04. The first-order valence-corrected chi connectivity index (χ1v) is 9.78. The quantitative estimate of drug-likeness (QED) is 0.801. The van der Waals surface area contributed by atoms with Crippen LogP contribution in [0.25, 0.3) is 0 Å². The number of carboxylic acid groups (broad SMARTS) is 1. The molecule has 1 amide bonds. The van der Waals surface area contributed by atoms with Gasteiger partial charge in [0.2, 0.25) is 0 Å². The van der Waals surface area contributed by atoms with Crippen LogP contribution >= 0.6 is 0 Å². The Balaban J connectivity index is 2.29. The summed E-state index contributed by atoms with van der Waals surface area (Å²) in [6, 6.07) is 13.6. The number of likely N-dealkylation sites (N-methyl/N-ethyl adjacent to an activating group) is 1. The van der Waals surface area contributed by atoms with E-state index in [1.54, 1.807) is 24.3 Å². The summed E-state index contributed by atoms with van der Waals surface area (Å²) in [6.45, 7) is 1.52. The van der Waals surface area contributed by atoms with Gasteiger partial charge in [-0.1, -0.05) is 43.3 Å². The maximum absolute atomic E-state index is 12.7. The van der Waals surface area contributed by atoms with E-state index in [2.05, 4.69) is 0 Å². The van der Waals surface area contributed by atoms with Crippen molar-refractivity contribution in [1.82, 2.24) is 4.90 Å². The van der Waals surface area contributed by atoms with Crippen molar-refractivity contribution in [3.05, 3.63) is 65.7 Å². The molecule has 0 radical (unpaired) electrons. The molecule has 1 unspecified atom stereocenters.